The third-order valence-corrected chi connectivity index (χ3v) is 3.68. The molecular formula is C18H14N4O. The van der Waals surface area contributed by atoms with Crippen LogP contribution in [0.15, 0.2) is 70.3 Å². The van der Waals surface area contributed by atoms with Gasteiger partial charge in [0.1, 0.15) is 11.3 Å². The Kier molecular flexibility index (Phi) is 3.24. The highest BCUT2D eigenvalue weighted by molar-refractivity contribution is 6.00. The second-order valence-corrected chi connectivity index (χ2v) is 5.24. The van der Waals surface area contributed by atoms with Crippen LogP contribution in [0.1, 0.15) is 12.7 Å². The molecule has 5 nitrogen and oxygen atoms in total. The zero-order chi connectivity index (χ0) is 15.6. The average Bonchev–Trinajstić information content (AvgIpc) is 3.04. The fourth-order valence-electron chi connectivity index (χ4n) is 2.46. The predicted octanol–water partition coefficient (Wildman–Crippen LogP) is 4.21. The summed E-state index contributed by atoms with van der Waals surface area (Å²) in [6.07, 6.45) is 1.73. The van der Waals surface area contributed by atoms with Crippen molar-refractivity contribution in [2.45, 2.75) is 6.92 Å². The topological polar surface area (TPSA) is 63.3 Å². The van der Waals surface area contributed by atoms with Gasteiger partial charge < -0.3 is 4.42 Å². The number of furan rings is 1. The number of rotatable bonds is 3. The molecule has 0 aliphatic rings. The van der Waals surface area contributed by atoms with E-state index in [-0.39, 0.29) is 0 Å². The number of nitrogens with one attached hydrogen (secondary N) is 1. The Bertz CT molecular complexity index is 981. The van der Waals surface area contributed by atoms with Crippen molar-refractivity contribution < 1.29 is 4.42 Å². The molecule has 0 fully saturated rings. The van der Waals surface area contributed by atoms with E-state index < -0.39 is 0 Å². The Morgan fingerprint density at radius 1 is 1.04 bits per heavy atom. The largest absolute Gasteiger partial charge is 0.455 e. The zero-order valence-corrected chi connectivity index (χ0v) is 12.5. The Labute approximate surface area is 132 Å². The van der Waals surface area contributed by atoms with Crippen LogP contribution in [0.3, 0.4) is 0 Å². The quantitative estimate of drug-likeness (QED) is 0.455. The van der Waals surface area contributed by atoms with Crippen LogP contribution in [0.2, 0.25) is 0 Å². The van der Waals surface area contributed by atoms with Crippen LogP contribution in [0, 0.1) is 0 Å². The maximum atomic E-state index is 5.80. The molecule has 0 saturated carbocycles. The summed E-state index contributed by atoms with van der Waals surface area (Å²) in [6.45, 7) is 1.89. The third kappa shape index (κ3) is 2.53. The lowest BCUT2D eigenvalue weighted by Gasteiger charge is -2.04. The van der Waals surface area contributed by atoms with E-state index in [9.17, 15) is 0 Å². The minimum Gasteiger partial charge on any atom is -0.455 e. The molecule has 2 aromatic heterocycles. The van der Waals surface area contributed by atoms with E-state index in [2.05, 4.69) is 20.7 Å². The molecule has 4 aromatic rings. The molecule has 0 atom stereocenters. The van der Waals surface area contributed by atoms with Crippen molar-refractivity contribution in [2.75, 3.05) is 5.43 Å². The van der Waals surface area contributed by atoms with Crippen molar-refractivity contribution in [2.24, 2.45) is 5.10 Å². The summed E-state index contributed by atoms with van der Waals surface area (Å²) >= 11 is 0. The van der Waals surface area contributed by atoms with E-state index in [4.69, 9.17) is 4.42 Å². The molecule has 23 heavy (non-hydrogen) atoms. The number of anilines is 1. The Hall–Kier alpha value is -3.21. The van der Waals surface area contributed by atoms with Gasteiger partial charge >= 0.3 is 0 Å². The monoisotopic (exact) mass is 302 g/mol. The van der Waals surface area contributed by atoms with E-state index in [1.165, 1.54) is 0 Å². The highest BCUT2D eigenvalue weighted by Gasteiger charge is 2.07. The maximum Gasteiger partial charge on any atom is 0.176 e. The van der Waals surface area contributed by atoms with Crippen molar-refractivity contribution in [3.05, 3.63) is 66.6 Å². The zero-order valence-electron chi connectivity index (χ0n) is 12.5. The Balaban J connectivity index is 1.67. The molecule has 0 unspecified atom stereocenters. The average molecular weight is 302 g/mol. The smallest absolute Gasteiger partial charge is 0.176 e. The van der Waals surface area contributed by atoms with Gasteiger partial charge in [-0.2, -0.15) is 10.2 Å². The van der Waals surface area contributed by atoms with E-state index in [1.54, 1.807) is 6.20 Å². The molecule has 2 heterocycles. The molecule has 5 heteroatoms. The van der Waals surface area contributed by atoms with Gasteiger partial charge in [-0.05, 0) is 19.1 Å². The van der Waals surface area contributed by atoms with Gasteiger partial charge in [-0.25, -0.2) is 0 Å². The highest BCUT2D eigenvalue weighted by atomic mass is 16.3. The summed E-state index contributed by atoms with van der Waals surface area (Å²) in [5.74, 6) is 1.35. The Morgan fingerprint density at radius 2 is 1.83 bits per heavy atom. The van der Waals surface area contributed by atoms with Gasteiger partial charge in [-0.15, -0.1) is 5.10 Å². The SMILES string of the molecule is C/C(=N/Nc1nncc2ccccc12)c1cc2ccccc2o1. The molecule has 0 radical (unpaired) electrons. The van der Waals surface area contributed by atoms with Crippen molar-refractivity contribution >= 4 is 33.3 Å². The lowest BCUT2D eigenvalue weighted by atomic mass is 10.2. The lowest BCUT2D eigenvalue weighted by Crippen LogP contribution is -2.01. The van der Waals surface area contributed by atoms with Crippen LogP contribution in [-0.4, -0.2) is 15.9 Å². The first-order valence-electron chi connectivity index (χ1n) is 7.31. The van der Waals surface area contributed by atoms with Gasteiger partial charge in [0.2, 0.25) is 0 Å². The number of benzene rings is 2. The molecule has 112 valence electrons. The lowest BCUT2D eigenvalue weighted by molar-refractivity contribution is 0.604. The fourth-order valence-corrected chi connectivity index (χ4v) is 2.46. The van der Waals surface area contributed by atoms with Crippen molar-refractivity contribution in [1.82, 2.24) is 10.2 Å². The molecule has 0 aliphatic heterocycles. The first-order chi connectivity index (χ1) is 11.3. The number of hydrazone groups is 1. The molecule has 0 spiro atoms. The number of hydrogen-bond donors (Lipinski definition) is 1. The third-order valence-electron chi connectivity index (χ3n) is 3.68. The van der Waals surface area contributed by atoms with Crippen LogP contribution in [0.25, 0.3) is 21.7 Å². The number of hydrogen-bond acceptors (Lipinski definition) is 5. The standard InChI is InChI=1S/C18H14N4O/c1-12(17-10-13-6-3-5-9-16(13)23-17)20-22-18-15-8-4-2-7-14(15)11-19-21-18/h2-11H,1H3,(H,21,22)/b20-12-. The normalized spacial score (nSPS) is 12.0. The highest BCUT2D eigenvalue weighted by Crippen LogP contribution is 2.21. The van der Waals surface area contributed by atoms with Gasteiger partial charge in [0.15, 0.2) is 11.6 Å². The van der Waals surface area contributed by atoms with Crippen molar-refractivity contribution in [3.63, 3.8) is 0 Å². The summed E-state index contributed by atoms with van der Waals surface area (Å²) in [4.78, 5) is 0. The van der Waals surface area contributed by atoms with Gasteiger partial charge in [-0.1, -0.05) is 42.5 Å². The molecule has 1 N–H and O–H groups in total. The molecule has 2 aromatic carbocycles. The first kappa shape index (κ1) is 13.5. The van der Waals surface area contributed by atoms with Gasteiger partial charge in [0.05, 0.1) is 6.20 Å². The second-order valence-electron chi connectivity index (χ2n) is 5.24. The molecule has 0 amide bonds. The molecule has 4 rings (SSSR count). The molecule has 0 bridgehead atoms. The molecular weight excluding hydrogens is 288 g/mol. The Morgan fingerprint density at radius 3 is 2.70 bits per heavy atom. The number of nitrogens with zero attached hydrogens (tertiary/aromatic N) is 3. The number of para-hydroxylation sites is 1. The first-order valence-corrected chi connectivity index (χ1v) is 7.31. The number of fused-ring (bicyclic) bond motifs is 2. The van der Waals surface area contributed by atoms with Crippen LogP contribution in [0.4, 0.5) is 5.82 Å². The van der Waals surface area contributed by atoms with Crippen molar-refractivity contribution in [1.29, 1.82) is 0 Å². The van der Waals surface area contributed by atoms with E-state index in [0.29, 0.717) is 5.82 Å². The summed E-state index contributed by atoms with van der Waals surface area (Å²) in [5.41, 5.74) is 4.58. The minimum atomic E-state index is 0.624. The van der Waals surface area contributed by atoms with Gasteiger partial charge in [0.25, 0.3) is 0 Å². The van der Waals surface area contributed by atoms with Gasteiger partial charge in [0, 0.05) is 16.2 Å². The van der Waals surface area contributed by atoms with Crippen LogP contribution < -0.4 is 5.43 Å². The van der Waals surface area contributed by atoms with E-state index >= 15 is 0 Å². The summed E-state index contributed by atoms with van der Waals surface area (Å²) in [6, 6.07) is 17.8. The van der Waals surface area contributed by atoms with Crippen LogP contribution in [-0.2, 0) is 0 Å². The summed E-state index contributed by atoms with van der Waals surface area (Å²) in [5, 5.41) is 15.5. The summed E-state index contributed by atoms with van der Waals surface area (Å²) < 4.78 is 5.80. The maximum absolute atomic E-state index is 5.80. The van der Waals surface area contributed by atoms with Crippen LogP contribution in [0.5, 0.6) is 0 Å². The number of aromatic nitrogens is 2. The van der Waals surface area contributed by atoms with Crippen LogP contribution >= 0.6 is 0 Å². The minimum absolute atomic E-state index is 0.624. The van der Waals surface area contributed by atoms with E-state index in [1.807, 2.05) is 61.5 Å². The molecule has 0 saturated heterocycles. The molecule has 0 aliphatic carbocycles. The summed E-state index contributed by atoms with van der Waals surface area (Å²) in [7, 11) is 0. The van der Waals surface area contributed by atoms with Gasteiger partial charge in [-0.3, -0.25) is 5.43 Å². The van der Waals surface area contributed by atoms with Crippen molar-refractivity contribution in [3.8, 4) is 0 Å². The fraction of sp³-hybridized carbons (Fsp3) is 0.0556. The predicted molar refractivity (Wildman–Crippen MR) is 91.6 cm³/mol. The van der Waals surface area contributed by atoms with E-state index in [0.717, 1.165) is 33.2 Å². The second kappa shape index (κ2) is 5.53.